The van der Waals surface area contributed by atoms with Crippen LogP contribution in [0.1, 0.15) is 33.7 Å². The van der Waals surface area contributed by atoms with Crippen LogP contribution in [0.25, 0.3) is 0 Å². The van der Waals surface area contributed by atoms with Gasteiger partial charge in [0, 0.05) is 24.9 Å². The van der Waals surface area contributed by atoms with Gasteiger partial charge < -0.3 is 14.4 Å². The van der Waals surface area contributed by atoms with Crippen molar-refractivity contribution in [2.45, 2.75) is 26.2 Å². The Kier molecular flexibility index (Phi) is 4.19. The lowest BCUT2D eigenvalue weighted by atomic mass is 10.1. The molecule has 1 aliphatic carbocycles. The van der Waals surface area contributed by atoms with Crippen LogP contribution in [0.3, 0.4) is 0 Å². The Balaban J connectivity index is 1.49. The Morgan fingerprint density at radius 3 is 2.73 bits per heavy atom. The minimum absolute atomic E-state index is 0.105. The SMILES string of the molecule is Cc1cc(CCc2ccccc2)oc(=O)c1C(=O)N1C[C@H]2C[C@@]2(CO)C1. The summed E-state index contributed by atoms with van der Waals surface area (Å²) in [7, 11) is 0. The van der Waals surface area contributed by atoms with Crippen LogP contribution in [-0.2, 0) is 12.8 Å². The van der Waals surface area contributed by atoms with Gasteiger partial charge in [-0.2, -0.15) is 0 Å². The lowest BCUT2D eigenvalue weighted by Gasteiger charge is -2.20. The van der Waals surface area contributed by atoms with E-state index in [2.05, 4.69) is 0 Å². The molecule has 2 aliphatic rings. The summed E-state index contributed by atoms with van der Waals surface area (Å²) in [5.74, 6) is 0.698. The van der Waals surface area contributed by atoms with Crippen molar-refractivity contribution in [3.05, 3.63) is 69.3 Å². The quantitative estimate of drug-likeness (QED) is 0.894. The summed E-state index contributed by atoms with van der Waals surface area (Å²) in [5.41, 5.74) is 1.28. The van der Waals surface area contributed by atoms with Gasteiger partial charge in [0.05, 0.1) is 6.61 Å². The Morgan fingerprint density at radius 2 is 2.08 bits per heavy atom. The van der Waals surface area contributed by atoms with E-state index in [4.69, 9.17) is 4.42 Å². The summed E-state index contributed by atoms with van der Waals surface area (Å²) in [5, 5.41) is 9.52. The van der Waals surface area contributed by atoms with Crippen molar-refractivity contribution < 1.29 is 14.3 Å². The normalized spacial score (nSPS) is 23.8. The maximum Gasteiger partial charge on any atom is 0.349 e. The molecule has 2 aromatic rings. The molecule has 4 rings (SSSR count). The van der Waals surface area contributed by atoms with Crippen LogP contribution in [0.15, 0.2) is 45.6 Å². The zero-order chi connectivity index (χ0) is 18.3. The highest BCUT2D eigenvalue weighted by atomic mass is 16.4. The fourth-order valence-corrected chi connectivity index (χ4v) is 4.12. The third kappa shape index (κ3) is 2.97. The summed E-state index contributed by atoms with van der Waals surface area (Å²) in [6.07, 6.45) is 2.37. The standard InChI is InChI=1S/C21H23NO4/c1-14-9-17(8-7-15-5-3-2-4-6-15)26-20(25)18(14)19(24)22-11-16-10-21(16,12-22)13-23/h2-6,9,16,23H,7-8,10-13H2,1H3/t16-,21+/m1/s1. The molecule has 1 N–H and O–H groups in total. The number of aliphatic hydroxyl groups is 1. The molecule has 5 nitrogen and oxygen atoms in total. The molecule has 2 fully saturated rings. The lowest BCUT2D eigenvalue weighted by molar-refractivity contribution is 0.0745. The molecule has 1 saturated heterocycles. The predicted octanol–water partition coefficient (Wildman–Crippen LogP) is 2.19. The minimum Gasteiger partial charge on any atom is -0.427 e. The molecule has 2 heterocycles. The summed E-state index contributed by atoms with van der Waals surface area (Å²) < 4.78 is 5.43. The third-order valence-electron chi connectivity index (χ3n) is 5.82. The van der Waals surface area contributed by atoms with Crippen LogP contribution >= 0.6 is 0 Å². The van der Waals surface area contributed by atoms with Crippen LogP contribution in [-0.4, -0.2) is 35.6 Å². The Bertz CT molecular complexity index is 885. The molecule has 1 amide bonds. The average molecular weight is 353 g/mol. The van der Waals surface area contributed by atoms with Crippen molar-refractivity contribution in [2.75, 3.05) is 19.7 Å². The van der Waals surface area contributed by atoms with E-state index in [1.54, 1.807) is 17.9 Å². The van der Waals surface area contributed by atoms with Gasteiger partial charge in [-0.15, -0.1) is 0 Å². The zero-order valence-corrected chi connectivity index (χ0v) is 14.9. The molecule has 1 aromatic carbocycles. The summed E-state index contributed by atoms with van der Waals surface area (Å²) >= 11 is 0. The first-order chi connectivity index (χ1) is 12.5. The number of rotatable bonds is 5. The number of fused-ring (bicyclic) bond motifs is 1. The summed E-state index contributed by atoms with van der Waals surface area (Å²) in [6.45, 7) is 3.04. The molecular formula is C21H23NO4. The van der Waals surface area contributed by atoms with E-state index in [1.165, 1.54) is 5.56 Å². The largest absolute Gasteiger partial charge is 0.427 e. The number of carbonyl (C=O) groups is 1. The van der Waals surface area contributed by atoms with Gasteiger partial charge in [-0.05, 0) is 42.9 Å². The average Bonchev–Trinajstić information content (AvgIpc) is 3.20. The molecule has 1 saturated carbocycles. The van der Waals surface area contributed by atoms with Crippen molar-refractivity contribution in [3.63, 3.8) is 0 Å². The van der Waals surface area contributed by atoms with Crippen molar-refractivity contribution in [2.24, 2.45) is 11.3 Å². The van der Waals surface area contributed by atoms with E-state index < -0.39 is 5.63 Å². The predicted molar refractivity (Wildman–Crippen MR) is 97.1 cm³/mol. The minimum atomic E-state index is -0.559. The number of benzene rings is 1. The van der Waals surface area contributed by atoms with Gasteiger partial charge in [0.2, 0.25) is 0 Å². The molecule has 0 unspecified atom stereocenters. The number of aryl methyl sites for hydroxylation is 3. The number of amides is 1. The molecule has 26 heavy (non-hydrogen) atoms. The monoisotopic (exact) mass is 353 g/mol. The fourth-order valence-electron chi connectivity index (χ4n) is 4.12. The smallest absolute Gasteiger partial charge is 0.349 e. The van der Waals surface area contributed by atoms with E-state index in [1.807, 2.05) is 30.3 Å². The van der Waals surface area contributed by atoms with Crippen molar-refractivity contribution >= 4 is 5.91 Å². The lowest BCUT2D eigenvalue weighted by Crippen LogP contribution is -2.36. The van der Waals surface area contributed by atoms with E-state index in [0.29, 0.717) is 36.8 Å². The van der Waals surface area contributed by atoms with Gasteiger partial charge in [0.1, 0.15) is 11.3 Å². The first-order valence-electron chi connectivity index (χ1n) is 9.10. The van der Waals surface area contributed by atoms with Crippen molar-refractivity contribution in [3.8, 4) is 0 Å². The maximum atomic E-state index is 12.8. The zero-order valence-electron chi connectivity index (χ0n) is 14.9. The second-order valence-corrected chi connectivity index (χ2v) is 7.65. The second-order valence-electron chi connectivity index (χ2n) is 7.65. The van der Waals surface area contributed by atoms with Crippen LogP contribution in [0.5, 0.6) is 0 Å². The van der Waals surface area contributed by atoms with E-state index in [9.17, 15) is 14.7 Å². The molecule has 0 bridgehead atoms. The molecule has 1 aliphatic heterocycles. The van der Waals surface area contributed by atoms with Gasteiger partial charge in [-0.25, -0.2) is 4.79 Å². The summed E-state index contributed by atoms with van der Waals surface area (Å²) in [6, 6.07) is 11.8. The first kappa shape index (κ1) is 17.0. The molecular weight excluding hydrogens is 330 g/mol. The van der Waals surface area contributed by atoms with Crippen molar-refractivity contribution in [1.82, 2.24) is 4.90 Å². The number of carbonyl (C=O) groups excluding carboxylic acids is 1. The second kappa shape index (κ2) is 6.40. The molecule has 0 spiro atoms. The van der Waals surface area contributed by atoms with Crippen LogP contribution in [0.2, 0.25) is 0 Å². The highest BCUT2D eigenvalue weighted by Gasteiger charge is 2.60. The number of likely N-dealkylation sites (tertiary alicyclic amines) is 1. The van der Waals surface area contributed by atoms with Gasteiger partial charge in [-0.1, -0.05) is 30.3 Å². The van der Waals surface area contributed by atoms with Gasteiger partial charge >= 0.3 is 5.63 Å². The Morgan fingerprint density at radius 1 is 1.31 bits per heavy atom. The third-order valence-corrected chi connectivity index (χ3v) is 5.82. The number of hydrogen-bond acceptors (Lipinski definition) is 4. The van der Waals surface area contributed by atoms with Gasteiger partial charge in [0.15, 0.2) is 0 Å². The van der Waals surface area contributed by atoms with E-state index in [-0.39, 0.29) is 23.5 Å². The number of hydrogen-bond donors (Lipinski definition) is 1. The van der Waals surface area contributed by atoms with Crippen LogP contribution in [0, 0.1) is 18.3 Å². The first-order valence-corrected chi connectivity index (χ1v) is 9.10. The number of aliphatic hydroxyl groups excluding tert-OH is 1. The Labute approximate surface area is 152 Å². The molecule has 1 aromatic heterocycles. The molecule has 136 valence electrons. The van der Waals surface area contributed by atoms with E-state index >= 15 is 0 Å². The Hall–Kier alpha value is -2.40. The topological polar surface area (TPSA) is 70.8 Å². The fraction of sp³-hybridized carbons (Fsp3) is 0.429. The highest BCUT2D eigenvalue weighted by molar-refractivity contribution is 5.95. The number of piperidine rings is 1. The molecule has 0 radical (unpaired) electrons. The van der Waals surface area contributed by atoms with Gasteiger partial charge in [-0.3, -0.25) is 4.79 Å². The highest BCUT2D eigenvalue weighted by Crippen LogP contribution is 2.57. The van der Waals surface area contributed by atoms with Crippen LogP contribution in [0.4, 0.5) is 0 Å². The molecule has 5 heteroatoms. The van der Waals surface area contributed by atoms with Crippen LogP contribution < -0.4 is 5.63 Å². The van der Waals surface area contributed by atoms with E-state index in [0.717, 1.165) is 12.8 Å². The molecule has 2 atom stereocenters. The van der Waals surface area contributed by atoms with Crippen molar-refractivity contribution in [1.29, 1.82) is 0 Å². The van der Waals surface area contributed by atoms with Gasteiger partial charge in [0.25, 0.3) is 5.91 Å². The number of nitrogens with zero attached hydrogens (tertiary/aromatic N) is 1. The maximum absolute atomic E-state index is 12.8. The summed E-state index contributed by atoms with van der Waals surface area (Å²) in [4.78, 5) is 26.9.